The highest BCUT2D eigenvalue weighted by molar-refractivity contribution is 7.92. The summed E-state index contributed by atoms with van der Waals surface area (Å²) in [5, 5.41) is 10.9. The van der Waals surface area contributed by atoms with Crippen LogP contribution in [0, 0.1) is 0 Å². The van der Waals surface area contributed by atoms with Crippen LogP contribution in [0.1, 0.15) is 11.1 Å². The first-order chi connectivity index (χ1) is 14.0. The Morgan fingerprint density at radius 3 is 2.50 bits per heavy atom. The van der Waals surface area contributed by atoms with E-state index in [1.54, 1.807) is 30.3 Å². The molecular formula is C19H16F3N3O4S. The summed E-state index contributed by atoms with van der Waals surface area (Å²) in [5.74, 6) is -2.34. The van der Waals surface area contributed by atoms with Gasteiger partial charge in [0.05, 0.1) is 12.1 Å². The van der Waals surface area contributed by atoms with Crippen molar-refractivity contribution >= 4 is 32.7 Å². The zero-order chi connectivity index (χ0) is 21.9. The highest BCUT2D eigenvalue weighted by atomic mass is 32.2. The first kappa shape index (κ1) is 21.4. The van der Waals surface area contributed by atoms with Gasteiger partial charge in [0.15, 0.2) is 5.75 Å². The van der Waals surface area contributed by atoms with Gasteiger partial charge in [-0.05, 0) is 23.8 Å². The minimum atomic E-state index is -4.85. The summed E-state index contributed by atoms with van der Waals surface area (Å²) >= 11 is 0. The Hall–Kier alpha value is -3.34. The Bertz CT molecular complexity index is 1270. The first-order valence-electron chi connectivity index (χ1n) is 8.54. The smallest absolute Gasteiger partial charge is 0.404 e. The average Bonchev–Trinajstić information content (AvgIpc) is 2.62. The van der Waals surface area contributed by atoms with Crippen LogP contribution in [-0.2, 0) is 16.6 Å². The molecule has 3 N–H and O–H groups in total. The molecule has 0 spiro atoms. The number of fused-ring (bicyclic) bond motifs is 1. The van der Waals surface area contributed by atoms with Crippen LogP contribution < -0.4 is 10.3 Å². The van der Waals surface area contributed by atoms with Crippen molar-refractivity contribution < 1.29 is 26.7 Å². The molecule has 1 aromatic heterocycles. The van der Waals surface area contributed by atoms with Crippen molar-refractivity contribution in [3.8, 4) is 5.88 Å². The van der Waals surface area contributed by atoms with Gasteiger partial charge in [-0.1, -0.05) is 30.3 Å². The van der Waals surface area contributed by atoms with Gasteiger partial charge in [0.25, 0.3) is 5.56 Å². The number of aromatic nitrogens is 1. The molecule has 0 amide bonds. The molecule has 0 atom stereocenters. The predicted molar refractivity (Wildman–Crippen MR) is 107 cm³/mol. The molecule has 0 aliphatic rings. The van der Waals surface area contributed by atoms with Crippen LogP contribution >= 0.6 is 0 Å². The fraction of sp³-hybridized carbons (Fsp3) is 0.158. The maximum Gasteiger partial charge on any atom is 0.404 e. The quantitative estimate of drug-likeness (QED) is 0.512. The zero-order valence-corrected chi connectivity index (χ0v) is 16.1. The van der Waals surface area contributed by atoms with Crippen LogP contribution in [0.25, 0.3) is 10.8 Å². The van der Waals surface area contributed by atoms with Gasteiger partial charge in [0.2, 0.25) is 15.9 Å². The van der Waals surface area contributed by atoms with E-state index in [0.29, 0.717) is 21.9 Å². The summed E-state index contributed by atoms with van der Waals surface area (Å²) in [6.07, 6.45) is -3.50. The topological polar surface area (TPSA) is 112 Å². The van der Waals surface area contributed by atoms with Crippen LogP contribution in [0.3, 0.4) is 0 Å². The van der Waals surface area contributed by atoms with E-state index in [4.69, 9.17) is 0 Å². The highest BCUT2D eigenvalue weighted by Gasteiger charge is 2.35. The fourth-order valence-electron chi connectivity index (χ4n) is 2.82. The minimum Gasteiger partial charge on any atom is -0.494 e. The molecule has 0 fully saturated rings. The Kier molecular flexibility index (Phi) is 5.83. The summed E-state index contributed by atoms with van der Waals surface area (Å²) in [5.41, 5.74) is 0.349. The number of hydrogen-bond donors (Lipinski definition) is 3. The Morgan fingerprint density at radius 2 is 1.80 bits per heavy atom. The second kappa shape index (κ2) is 8.19. The normalized spacial score (nSPS) is 12.5. The molecule has 0 aliphatic carbocycles. The van der Waals surface area contributed by atoms with Crippen LogP contribution in [0.2, 0.25) is 0 Å². The van der Waals surface area contributed by atoms with Crippen molar-refractivity contribution in [3.63, 3.8) is 0 Å². The number of alkyl halides is 3. The molecule has 0 aliphatic heterocycles. The number of rotatable bonds is 6. The number of H-pyrrole nitrogens is 1. The van der Waals surface area contributed by atoms with Crippen LogP contribution in [0.5, 0.6) is 5.88 Å². The summed E-state index contributed by atoms with van der Waals surface area (Å²) in [6.45, 7) is 0.0573. The van der Waals surface area contributed by atoms with Crippen LogP contribution in [0.15, 0.2) is 58.3 Å². The molecular weight excluding hydrogens is 423 g/mol. The van der Waals surface area contributed by atoms with E-state index in [1.807, 2.05) is 4.72 Å². The largest absolute Gasteiger partial charge is 0.494 e. The molecule has 7 nitrogen and oxygen atoms in total. The molecule has 158 valence electrons. The third kappa shape index (κ3) is 5.38. The summed E-state index contributed by atoms with van der Waals surface area (Å²) in [4.78, 5) is 18.4. The molecule has 0 radical (unpaired) electrons. The van der Waals surface area contributed by atoms with Crippen molar-refractivity contribution in [1.29, 1.82) is 0 Å². The fourth-order valence-corrected chi connectivity index (χ4v) is 3.81. The third-order valence-corrected chi connectivity index (χ3v) is 5.25. The Balaban J connectivity index is 1.79. The van der Waals surface area contributed by atoms with Gasteiger partial charge in [-0.2, -0.15) is 13.2 Å². The molecule has 1 heterocycles. The van der Waals surface area contributed by atoms with Gasteiger partial charge in [-0.15, -0.1) is 0 Å². The minimum absolute atomic E-state index is 0.0238. The van der Waals surface area contributed by atoms with Crippen molar-refractivity contribution in [3.05, 3.63) is 70.0 Å². The number of anilines is 1. The van der Waals surface area contributed by atoms with Crippen molar-refractivity contribution in [2.24, 2.45) is 4.99 Å². The number of pyridine rings is 1. The molecule has 0 unspecified atom stereocenters. The van der Waals surface area contributed by atoms with Gasteiger partial charge >= 0.3 is 6.18 Å². The molecule has 11 heteroatoms. The number of aliphatic imine (C=N–C) groups is 1. The number of aromatic amines is 1. The van der Waals surface area contributed by atoms with E-state index in [2.05, 4.69) is 9.98 Å². The molecule has 0 saturated carbocycles. The van der Waals surface area contributed by atoms with Gasteiger partial charge in [-0.3, -0.25) is 19.5 Å². The Labute approximate surface area is 169 Å². The third-order valence-electron chi connectivity index (χ3n) is 4.00. The van der Waals surface area contributed by atoms with E-state index in [-0.39, 0.29) is 18.1 Å². The van der Waals surface area contributed by atoms with E-state index in [0.717, 1.165) is 0 Å². The monoisotopic (exact) mass is 439 g/mol. The summed E-state index contributed by atoms with van der Waals surface area (Å²) in [7, 11) is -4.59. The Morgan fingerprint density at radius 1 is 1.10 bits per heavy atom. The number of aromatic hydroxyl groups is 1. The number of nitrogens with zero attached hydrogens (tertiary/aromatic N) is 1. The molecule has 30 heavy (non-hydrogen) atoms. The van der Waals surface area contributed by atoms with E-state index >= 15 is 0 Å². The molecule has 0 saturated heterocycles. The van der Waals surface area contributed by atoms with E-state index < -0.39 is 27.5 Å². The lowest BCUT2D eigenvalue weighted by Gasteiger charge is -2.10. The SMILES string of the molecule is O=c1[nH]c(O)c(C=NCc2cccc(NS(=O)(=O)CC(F)(F)F)c2)c2ccccc12. The molecule has 3 aromatic rings. The zero-order valence-electron chi connectivity index (χ0n) is 15.3. The number of benzene rings is 2. The first-order valence-corrected chi connectivity index (χ1v) is 10.2. The summed E-state index contributed by atoms with van der Waals surface area (Å²) in [6, 6.07) is 12.4. The lowest BCUT2D eigenvalue weighted by Crippen LogP contribution is -2.27. The standard InChI is InChI=1S/C19H16F3N3O4S/c20-19(21,22)11-30(28,29)25-13-5-3-4-12(8-13)9-23-10-16-14-6-1-2-7-15(14)17(26)24-18(16)27/h1-8,10,25H,9,11H2,(H2,24,26,27). The predicted octanol–water partition coefficient (Wildman–Crippen LogP) is 3.16. The van der Waals surface area contributed by atoms with Crippen molar-refractivity contribution in [2.45, 2.75) is 12.7 Å². The van der Waals surface area contributed by atoms with E-state index in [9.17, 15) is 31.5 Å². The highest BCUT2D eigenvalue weighted by Crippen LogP contribution is 2.22. The lowest BCUT2D eigenvalue weighted by molar-refractivity contribution is -0.106. The molecule has 3 rings (SSSR count). The second-order valence-electron chi connectivity index (χ2n) is 6.41. The van der Waals surface area contributed by atoms with Gasteiger partial charge in [0, 0.05) is 22.7 Å². The molecule has 2 aromatic carbocycles. The number of sulfonamides is 1. The van der Waals surface area contributed by atoms with Crippen molar-refractivity contribution in [2.75, 3.05) is 10.5 Å². The maximum absolute atomic E-state index is 12.3. The second-order valence-corrected chi connectivity index (χ2v) is 8.13. The summed E-state index contributed by atoms with van der Waals surface area (Å²) < 4.78 is 62.1. The van der Waals surface area contributed by atoms with Crippen molar-refractivity contribution in [1.82, 2.24) is 4.98 Å². The number of nitrogens with one attached hydrogen (secondary N) is 2. The van der Waals surface area contributed by atoms with E-state index in [1.165, 1.54) is 24.4 Å². The van der Waals surface area contributed by atoms with Gasteiger partial charge in [-0.25, -0.2) is 8.42 Å². The van der Waals surface area contributed by atoms with Crippen LogP contribution in [0.4, 0.5) is 18.9 Å². The van der Waals surface area contributed by atoms with Crippen LogP contribution in [-0.4, -0.2) is 36.7 Å². The average molecular weight is 439 g/mol. The lowest BCUT2D eigenvalue weighted by atomic mass is 10.1. The van der Waals surface area contributed by atoms with Gasteiger partial charge < -0.3 is 5.11 Å². The van der Waals surface area contributed by atoms with Gasteiger partial charge in [0.1, 0.15) is 0 Å². The number of halogens is 3. The number of hydrogen-bond acceptors (Lipinski definition) is 5. The molecule has 0 bridgehead atoms. The maximum atomic E-state index is 12.3.